The molecule has 0 saturated carbocycles. The summed E-state index contributed by atoms with van der Waals surface area (Å²) in [5, 5.41) is 6.12. The van der Waals surface area contributed by atoms with Gasteiger partial charge in [0, 0.05) is 16.5 Å². The monoisotopic (exact) mass is 451 g/mol. The minimum atomic E-state index is -0.215. The summed E-state index contributed by atoms with van der Waals surface area (Å²) in [6.45, 7) is 4.41. The number of ether oxygens (including phenoxy) is 2. The van der Waals surface area contributed by atoms with Crippen molar-refractivity contribution in [3.8, 4) is 33.3 Å². The van der Waals surface area contributed by atoms with E-state index in [4.69, 9.17) is 9.47 Å². The van der Waals surface area contributed by atoms with E-state index in [9.17, 15) is 4.79 Å². The molecular weight excluding hydrogens is 430 g/mol. The lowest BCUT2D eigenvalue weighted by atomic mass is 10.1. The maximum absolute atomic E-state index is 12.9. The number of aryl methyl sites for hydroxylation is 1. The molecule has 8 heteroatoms. The molecule has 4 aromatic rings. The molecule has 6 nitrogen and oxygen atoms in total. The molecule has 0 atom stereocenters. The zero-order chi connectivity index (χ0) is 21.8. The normalized spacial score (nSPS) is 10.7. The molecule has 0 aliphatic rings. The van der Waals surface area contributed by atoms with Gasteiger partial charge in [-0.05, 0) is 50.2 Å². The largest absolute Gasteiger partial charge is 0.496 e. The van der Waals surface area contributed by atoms with Crippen molar-refractivity contribution in [2.24, 2.45) is 0 Å². The SMILES string of the molecule is CCOc1ccc(-c2nc(C)c(C(=O)Nc3nc(-c4ccccc4OC)cs3)s2)cc1. The van der Waals surface area contributed by atoms with Crippen LogP contribution in [0.3, 0.4) is 0 Å². The van der Waals surface area contributed by atoms with Crippen LogP contribution in [-0.4, -0.2) is 29.6 Å². The molecule has 1 N–H and O–H groups in total. The average molecular weight is 452 g/mol. The van der Waals surface area contributed by atoms with Crippen LogP contribution in [0.4, 0.5) is 5.13 Å². The number of hydrogen-bond donors (Lipinski definition) is 1. The summed E-state index contributed by atoms with van der Waals surface area (Å²) in [5.41, 5.74) is 3.28. The lowest BCUT2D eigenvalue weighted by Gasteiger charge is -2.05. The number of para-hydroxylation sites is 1. The van der Waals surface area contributed by atoms with Crippen molar-refractivity contribution in [1.29, 1.82) is 0 Å². The van der Waals surface area contributed by atoms with Gasteiger partial charge >= 0.3 is 0 Å². The van der Waals surface area contributed by atoms with Gasteiger partial charge in [-0.2, -0.15) is 0 Å². The minimum Gasteiger partial charge on any atom is -0.496 e. The Morgan fingerprint density at radius 2 is 1.87 bits per heavy atom. The number of carbonyl (C=O) groups is 1. The summed E-state index contributed by atoms with van der Waals surface area (Å²) in [4.78, 5) is 22.6. The average Bonchev–Trinajstić information content (AvgIpc) is 3.41. The molecule has 0 bridgehead atoms. The summed E-state index contributed by atoms with van der Waals surface area (Å²) in [7, 11) is 1.63. The fourth-order valence-electron chi connectivity index (χ4n) is 3.06. The van der Waals surface area contributed by atoms with Gasteiger partial charge in [0.1, 0.15) is 21.4 Å². The maximum Gasteiger partial charge on any atom is 0.269 e. The third-order valence-electron chi connectivity index (χ3n) is 4.52. The van der Waals surface area contributed by atoms with Gasteiger partial charge in [-0.1, -0.05) is 12.1 Å². The summed E-state index contributed by atoms with van der Waals surface area (Å²) in [6, 6.07) is 15.4. The molecule has 4 rings (SSSR count). The van der Waals surface area contributed by atoms with E-state index in [1.807, 2.05) is 67.8 Å². The van der Waals surface area contributed by atoms with E-state index in [0.29, 0.717) is 22.3 Å². The third kappa shape index (κ3) is 4.60. The number of thiazole rings is 2. The number of nitrogens with zero attached hydrogens (tertiary/aromatic N) is 2. The molecule has 2 aromatic carbocycles. The number of rotatable bonds is 7. The van der Waals surface area contributed by atoms with Crippen LogP contribution in [0, 0.1) is 6.92 Å². The molecule has 0 radical (unpaired) electrons. The van der Waals surface area contributed by atoms with Crippen molar-refractivity contribution in [2.75, 3.05) is 19.0 Å². The quantitative estimate of drug-likeness (QED) is 0.379. The Kier molecular flexibility index (Phi) is 6.29. The highest BCUT2D eigenvalue weighted by atomic mass is 32.1. The van der Waals surface area contributed by atoms with Crippen LogP contribution in [-0.2, 0) is 0 Å². The van der Waals surface area contributed by atoms with Crippen LogP contribution < -0.4 is 14.8 Å². The van der Waals surface area contributed by atoms with Gasteiger partial charge in [-0.25, -0.2) is 9.97 Å². The van der Waals surface area contributed by atoms with Crippen molar-refractivity contribution in [3.63, 3.8) is 0 Å². The van der Waals surface area contributed by atoms with Crippen LogP contribution >= 0.6 is 22.7 Å². The smallest absolute Gasteiger partial charge is 0.269 e. The van der Waals surface area contributed by atoms with Crippen molar-refractivity contribution in [1.82, 2.24) is 9.97 Å². The number of benzene rings is 2. The third-order valence-corrected chi connectivity index (χ3v) is 6.49. The summed E-state index contributed by atoms with van der Waals surface area (Å²) >= 11 is 2.73. The number of aromatic nitrogens is 2. The van der Waals surface area contributed by atoms with E-state index in [1.54, 1.807) is 7.11 Å². The Hall–Kier alpha value is -3.23. The molecule has 0 aliphatic heterocycles. The van der Waals surface area contributed by atoms with Crippen LogP contribution in [0.15, 0.2) is 53.9 Å². The van der Waals surface area contributed by atoms with Crippen molar-refractivity contribution in [3.05, 3.63) is 64.5 Å². The van der Waals surface area contributed by atoms with Gasteiger partial charge in [0.25, 0.3) is 5.91 Å². The van der Waals surface area contributed by atoms with Crippen LogP contribution in [0.5, 0.6) is 11.5 Å². The zero-order valence-corrected chi connectivity index (χ0v) is 19.0. The lowest BCUT2D eigenvalue weighted by molar-refractivity contribution is 0.103. The molecule has 2 heterocycles. The Balaban J connectivity index is 1.51. The fourth-order valence-corrected chi connectivity index (χ4v) is 4.73. The number of carbonyl (C=O) groups excluding carboxylic acids is 1. The van der Waals surface area contributed by atoms with Crippen LogP contribution in [0.25, 0.3) is 21.8 Å². The van der Waals surface area contributed by atoms with E-state index in [-0.39, 0.29) is 5.91 Å². The highest BCUT2D eigenvalue weighted by Crippen LogP contribution is 2.33. The van der Waals surface area contributed by atoms with Gasteiger partial charge in [0.2, 0.25) is 0 Å². The Morgan fingerprint density at radius 3 is 2.61 bits per heavy atom. The van der Waals surface area contributed by atoms with Crippen molar-refractivity contribution in [2.45, 2.75) is 13.8 Å². The number of anilines is 1. The molecule has 1 amide bonds. The highest BCUT2D eigenvalue weighted by molar-refractivity contribution is 7.17. The number of methoxy groups -OCH3 is 1. The van der Waals surface area contributed by atoms with E-state index in [0.717, 1.165) is 33.3 Å². The molecule has 0 spiro atoms. The summed E-state index contributed by atoms with van der Waals surface area (Å²) in [5.74, 6) is 1.34. The molecular formula is C23H21N3O3S2. The van der Waals surface area contributed by atoms with E-state index >= 15 is 0 Å². The molecule has 0 aliphatic carbocycles. The first-order chi connectivity index (χ1) is 15.1. The Bertz CT molecular complexity index is 1200. The van der Waals surface area contributed by atoms with E-state index in [1.165, 1.54) is 22.7 Å². The van der Waals surface area contributed by atoms with Crippen molar-refractivity contribution >= 4 is 33.7 Å². The fraction of sp³-hybridized carbons (Fsp3) is 0.174. The molecule has 2 aromatic heterocycles. The van der Waals surface area contributed by atoms with E-state index in [2.05, 4.69) is 15.3 Å². The molecule has 0 unspecified atom stereocenters. The first kappa shape index (κ1) is 21.0. The second-order valence-corrected chi connectivity index (χ2v) is 8.44. The predicted octanol–water partition coefficient (Wildman–Crippen LogP) is 5.90. The maximum atomic E-state index is 12.9. The van der Waals surface area contributed by atoms with Crippen LogP contribution in [0.1, 0.15) is 22.3 Å². The standard InChI is InChI=1S/C23H21N3O3S2/c1-4-29-16-11-9-15(10-12-16)22-24-14(2)20(31-22)21(27)26-23-25-18(13-30-23)17-7-5-6-8-19(17)28-3/h5-13H,4H2,1-3H3,(H,25,26,27). The number of nitrogens with one attached hydrogen (secondary N) is 1. The lowest BCUT2D eigenvalue weighted by Crippen LogP contribution is -2.11. The first-order valence-electron chi connectivity index (χ1n) is 9.70. The zero-order valence-electron chi connectivity index (χ0n) is 17.3. The topological polar surface area (TPSA) is 73.3 Å². The first-order valence-corrected chi connectivity index (χ1v) is 11.4. The van der Waals surface area contributed by atoms with Crippen LogP contribution in [0.2, 0.25) is 0 Å². The van der Waals surface area contributed by atoms with Gasteiger partial charge < -0.3 is 9.47 Å². The Labute approximate surface area is 188 Å². The van der Waals surface area contributed by atoms with Gasteiger partial charge in [0.15, 0.2) is 5.13 Å². The second-order valence-electron chi connectivity index (χ2n) is 6.58. The molecule has 0 fully saturated rings. The molecule has 158 valence electrons. The predicted molar refractivity (Wildman–Crippen MR) is 126 cm³/mol. The minimum absolute atomic E-state index is 0.215. The number of hydrogen-bond acceptors (Lipinski definition) is 7. The summed E-state index contributed by atoms with van der Waals surface area (Å²) < 4.78 is 10.9. The second kappa shape index (κ2) is 9.28. The number of amides is 1. The van der Waals surface area contributed by atoms with Gasteiger partial charge in [0.05, 0.1) is 25.1 Å². The van der Waals surface area contributed by atoms with Gasteiger partial charge in [-0.3, -0.25) is 10.1 Å². The molecule has 0 saturated heterocycles. The van der Waals surface area contributed by atoms with Crippen molar-refractivity contribution < 1.29 is 14.3 Å². The molecule has 31 heavy (non-hydrogen) atoms. The highest BCUT2D eigenvalue weighted by Gasteiger charge is 2.18. The van der Waals surface area contributed by atoms with Gasteiger partial charge in [-0.15, -0.1) is 22.7 Å². The summed E-state index contributed by atoms with van der Waals surface area (Å²) in [6.07, 6.45) is 0. The van der Waals surface area contributed by atoms with E-state index < -0.39 is 0 Å². The Morgan fingerprint density at radius 1 is 1.10 bits per heavy atom.